The van der Waals surface area contributed by atoms with Crippen molar-refractivity contribution < 1.29 is 4.79 Å². The fourth-order valence-electron chi connectivity index (χ4n) is 3.17. The van der Waals surface area contributed by atoms with Crippen LogP contribution in [-0.2, 0) is 6.54 Å². The molecule has 0 saturated carbocycles. The third kappa shape index (κ3) is 4.16. The molecule has 2 heterocycles. The van der Waals surface area contributed by atoms with E-state index >= 15 is 0 Å². The van der Waals surface area contributed by atoms with Crippen molar-refractivity contribution >= 4 is 11.6 Å². The van der Waals surface area contributed by atoms with Gasteiger partial charge in [0.15, 0.2) is 0 Å². The van der Waals surface area contributed by atoms with Crippen LogP contribution in [0, 0.1) is 0 Å². The first-order valence-corrected chi connectivity index (χ1v) is 8.88. The second kappa shape index (κ2) is 7.99. The van der Waals surface area contributed by atoms with Crippen LogP contribution in [0.25, 0.3) is 0 Å². The van der Waals surface area contributed by atoms with Gasteiger partial charge in [-0.2, -0.15) is 0 Å². The molecule has 1 aromatic carbocycles. The van der Waals surface area contributed by atoms with E-state index in [0.717, 1.165) is 31.6 Å². The highest BCUT2D eigenvalue weighted by molar-refractivity contribution is 5.94. The molecule has 0 bridgehead atoms. The Bertz CT molecular complexity index is 630. The number of benzene rings is 1. The molecule has 1 N–H and O–H groups in total. The van der Waals surface area contributed by atoms with Crippen LogP contribution in [-0.4, -0.2) is 34.6 Å². The van der Waals surface area contributed by atoms with Crippen molar-refractivity contribution in [3.63, 3.8) is 0 Å². The number of rotatable bonds is 6. The van der Waals surface area contributed by atoms with Gasteiger partial charge in [-0.05, 0) is 49.9 Å². The first kappa shape index (κ1) is 16.6. The Kier molecular flexibility index (Phi) is 5.51. The second-order valence-corrected chi connectivity index (χ2v) is 6.43. The average Bonchev–Trinajstić information content (AvgIpc) is 3.15. The largest absolute Gasteiger partial charge is 0.372 e. The van der Waals surface area contributed by atoms with Gasteiger partial charge < -0.3 is 14.8 Å². The number of hydrogen-bond acceptors (Lipinski definition) is 3. The normalized spacial score (nSPS) is 16.0. The van der Waals surface area contributed by atoms with E-state index in [-0.39, 0.29) is 11.9 Å². The van der Waals surface area contributed by atoms with Crippen LogP contribution >= 0.6 is 0 Å². The van der Waals surface area contributed by atoms with E-state index in [0.29, 0.717) is 0 Å². The Morgan fingerprint density at radius 1 is 1.21 bits per heavy atom. The molecule has 1 aromatic heterocycles. The third-order valence-electron chi connectivity index (χ3n) is 4.67. The summed E-state index contributed by atoms with van der Waals surface area (Å²) in [5, 5.41) is 3.12. The predicted molar refractivity (Wildman–Crippen MR) is 96.3 cm³/mol. The topological polar surface area (TPSA) is 50.2 Å². The molecule has 2 aromatic rings. The Labute approximate surface area is 143 Å². The first-order chi connectivity index (χ1) is 11.8. The van der Waals surface area contributed by atoms with E-state index in [2.05, 4.69) is 34.3 Å². The number of hydrogen-bond donors (Lipinski definition) is 1. The van der Waals surface area contributed by atoms with Gasteiger partial charge in [0.25, 0.3) is 5.91 Å². The van der Waals surface area contributed by atoms with Gasteiger partial charge in [-0.25, -0.2) is 4.98 Å². The smallest absolute Gasteiger partial charge is 0.251 e. The molecule has 3 rings (SSSR count). The number of nitrogens with zero attached hydrogens (tertiary/aromatic N) is 3. The molecular formula is C19H26N4O. The van der Waals surface area contributed by atoms with Crippen molar-refractivity contribution in [3.05, 3.63) is 48.5 Å². The summed E-state index contributed by atoms with van der Waals surface area (Å²) >= 11 is 0. The quantitative estimate of drug-likeness (QED) is 0.887. The van der Waals surface area contributed by atoms with Gasteiger partial charge in [-0.3, -0.25) is 4.79 Å². The second-order valence-electron chi connectivity index (χ2n) is 6.43. The predicted octanol–water partition coefficient (Wildman–Crippen LogP) is 3.08. The minimum atomic E-state index is -0.00726. The van der Waals surface area contributed by atoms with Crippen LogP contribution in [0.5, 0.6) is 0 Å². The lowest BCUT2D eigenvalue weighted by Gasteiger charge is -2.28. The van der Waals surface area contributed by atoms with E-state index in [9.17, 15) is 4.79 Å². The van der Waals surface area contributed by atoms with Crippen molar-refractivity contribution in [2.24, 2.45) is 0 Å². The van der Waals surface area contributed by atoms with Gasteiger partial charge in [0.1, 0.15) is 0 Å². The highest BCUT2D eigenvalue weighted by Gasteiger charge is 2.14. The number of anilines is 1. The molecule has 1 aliphatic heterocycles. The van der Waals surface area contributed by atoms with Gasteiger partial charge in [-0.1, -0.05) is 6.92 Å². The molecule has 1 amide bonds. The molecule has 1 atom stereocenters. The molecule has 24 heavy (non-hydrogen) atoms. The summed E-state index contributed by atoms with van der Waals surface area (Å²) in [5.74, 6) is -0.00726. The summed E-state index contributed by atoms with van der Waals surface area (Å²) in [6, 6.07) is 8.11. The molecule has 1 aliphatic rings. The zero-order valence-electron chi connectivity index (χ0n) is 14.3. The van der Waals surface area contributed by atoms with Gasteiger partial charge in [0.2, 0.25) is 0 Å². The lowest BCUT2D eigenvalue weighted by Crippen LogP contribution is -2.37. The molecule has 128 valence electrons. The van der Waals surface area contributed by atoms with Gasteiger partial charge in [-0.15, -0.1) is 0 Å². The average molecular weight is 326 g/mol. The monoisotopic (exact) mass is 326 g/mol. The fraction of sp³-hybridized carbons (Fsp3) is 0.474. The van der Waals surface area contributed by atoms with Gasteiger partial charge in [0, 0.05) is 49.3 Å². The molecule has 0 aliphatic carbocycles. The summed E-state index contributed by atoms with van der Waals surface area (Å²) in [4.78, 5) is 18.9. The zero-order chi connectivity index (χ0) is 16.8. The number of nitrogens with one attached hydrogen (secondary N) is 1. The maximum absolute atomic E-state index is 12.5. The summed E-state index contributed by atoms with van der Waals surface area (Å²) in [6.07, 6.45) is 10.2. The van der Waals surface area contributed by atoms with Crippen LogP contribution in [0.15, 0.2) is 43.0 Å². The maximum Gasteiger partial charge on any atom is 0.251 e. The Morgan fingerprint density at radius 2 is 1.96 bits per heavy atom. The number of carbonyl (C=O) groups excluding carboxylic acids is 1. The number of aromatic nitrogens is 2. The summed E-state index contributed by atoms with van der Waals surface area (Å²) in [7, 11) is 0. The van der Waals surface area contributed by atoms with Crippen LogP contribution in [0.1, 0.15) is 43.0 Å². The molecule has 1 fully saturated rings. The highest BCUT2D eigenvalue weighted by atomic mass is 16.1. The SMILES string of the molecule is CC[C@@H](Cn1ccnc1)NC(=O)c1ccc(N2CCCCC2)cc1. The van der Waals surface area contributed by atoms with Crippen LogP contribution < -0.4 is 10.2 Å². The van der Waals surface area contributed by atoms with E-state index in [1.54, 1.807) is 12.5 Å². The van der Waals surface area contributed by atoms with Crippen LogP contribution in [0.4, 0.5) is 5.69 Å². The standard InChI is InChI=1S/C19H26N4O/c1-2-17(14-22-13-10-20-15-22)21-19(24)16-6-8-18(9-7-16)23-11-4-3-5-12-23/h6-10,13,15,17H,2-5,11-12,14H2,1H3,(H,21,24)/t17-/m0/s1. The Morgan fingerprint density at radius 3 is 2.58 bits per heavy atom. The van der Waals surface area contributed by atoms with Crippen molar-refractivity contribution in [3.8, 4) is 0 Å². The molecule has 0 spiro atoms. The van der Waals surface area contributed by atoms with E-state index in [1.165, 1.54) is 24.9 Å². The van der Waals surface area contributed by atoms with Crippen molar-refractivity contribution in [1.82, 2.24) is 14.9 Å². The highest BCUT2D eigenvalue weighted by Crippen LogP contribution is 2.20. The number of piperidine rings is 1. The van der Waals surface area contributed by atoms with Gasteiger partial charge in [0.05, 0.1) is 6.33 Å². The zero-order valence-corrected chi connectivity index (χ0v) is 14.3. The molecule has 1 saturated heterocycles. The van der Waals surface area contributed by atoms with Gasteiger partial charge >= 0.3 is 0 Å². The molecule has 0 radical (unpaired) electrons. The molecule has 5 heteroatoms. The lowest BCUT2D eigenvalue weighted by atomic mass is 10.1. The molecule has 0 unspecified atom stereocenters. The van der Waals surface area contributed by atoms with Crippen LogP contribution in [0.2, 0.25) is 0 Å². The van der Waals surface area contributed by atoms with E-state index in [4.69, 9.17) is 0 Å². The van der Waals surface area contributed by atoms with Crippen molar-refractivity contribution in [2.75, 3.05) is 18.0 Å². The van der Waals surface area contributed by atoms with E-state index in [1.807, 2.05) is 22.9 Å². The molecular weight excluding hydrogens is 300 g/mol. The van der Waals surface area contributed by atoms with Crippen LogP contribution in [0.3, 0.4) is 0 Å². The Balaban J connectivity index is 1.59. The fourth-order valence-corrected chi connectivity index (χ4v) is 3.17. The number of amides is 1. The third-order valence-corrected chi connectivity index (χ3v) is 4.67. The first-order valence-electron chi connectivity index (χ1n) is 8.88. The number of carbonyl (C=O) groups is 1. The Hall–Kier alpha value is -2.30. The van der Waals surface area contributed by atoms with E-state index < -0.39 is 0 Å². The summed E-state index contributed by atoms with van der Waals surface area (Å²) < 4.78 is 1.99. The van der Waals surface area contributed by atoms with Crippen molar-refractivity contribution in [2.45, 2.75) is 45.2 Å². The number of imidazole rings is 1. The minimum Gasteiger partial charge on any atom is -0.372 e. The summed E-state index contributed by atoms with van der Waals surface area (Å²) in [6.45, 7) is 5.07. The molecule has 5 nitrogen and oxygen atoms in total. The lowest BCUT2D eigenvalue weighted by molar-refractivity contribution is 0.0932. The summed E-state index contributed by atoms with van der Waals surface area (Å²) in [5.41, 5.74) is 1.94. The maximum atomic E-state index is 12.5. The minimum absolute atomic E-state index is 0.00726. The van der Waals surface area contributed by atoms with Crippen molar-refractivity contribution in [1.29, 1.82) is 0 Å².